The first-order chi connectivity index (χ1) is 6.72. The van der Waals surface area contributed by atoms with Crippen LogP contribution >= 0.6 is 0 Å². The number of nitrogens with two attached hydrogens (primary N) is 1. The molecule has 0 aromatic carbocycles. The Morgan fingerprint density at radius 1 is 1.57 bits per heavy atom. The predicted octanol–water partition coefficient (Wildman–Crippen LogP) is 1.74. The second kappa shape index (κ2) is 3.73. The fraction of sp³-hybridized carbons (Fsp3) is 0.727. The smallest absolute Gasteiger partial charge is 0.0949 e. The van der Waals surface area contributed by atoms with Crippen LogP contribution in [0.4, 0.5) is 0 Å². The monoisotopic (exact) mass is 193 g/mol. The molecule has 2 N–H and O–H groups in total. The van der Waals surface area contributed by atoms with Gasteiger partial charge in [-0.1, -0.05) is 6.92 Å². The Morgan fingerprint density at radius 2 is 2.36 bits per heavy atom. The van der Waals surface area contributed by atoms with E-state index < -0.39 is 0 Å². The third-order valence-electron chi connectivity index (χ3n) is 3.52. The zero-order valence-electron chi connectivity index (χ0n) is 8.98. The molecule has 78 valence electrons. The minimum absolute atomic E-state index is 0.367. The lowest BCUT2D eigenvalue weighted by molar-refractivity contribution is 0.473. The van der Waals surface area contributed by atoms with E-state index in [0.29, 0.717) is 17.9 Å². The second-order valence-corrected chi connectivity index (χ2v) is 4.34. The zero-order chi connectivity index (χ0) is 10.1. The molecule has 3 atom stereocenters. The molecule has 3 heteroatoms. The molecule has 1 heterocycles. The summed E-state index contributed by atoms with van der Waals surface area (Å²) in [7, 11) is 0. The lowest BCUT2D eigenvalue weighted by Gasteiger charge is -2.15. The highest BCUT2D eigenvalue weighted by molar-refractivity contribution is 5.10. The summed E-state index contributed by atoms with van der Waals surface area (Å²) in [5.74, 6) is 1.16. The van der Waals surface area contributed by atoms with Gasteiger partial charge in [0.05, 0.1) is 12.0 Å². The minimum Gasteiger partial charge on any atom is -0.337 e. The van der Waals surface area contributed by atoms with Gasteiger partial charge in [0.15, 0.2) is 0 Å². The molecule has 1 aliphatic rings. The quantitative estimate of drug-likeness (QED) is 0.777. The zero-order valence-corrected chi connectivity index (χ0v) is 8.98. The maximum absolute atomic E-state index is 6.01. The van der Waals surface area contributed by atoms with Crippen LogP contribution in [-0.4, -0.2) is 15.6 Å². The Balaban J connectivity index is 2.15. The van der Waals surface area contributed by atoms with Crippen molar-refractivity contribution in [1.82, 2.24) is 9.55 Å². The molecule has 1 aliphatic carbocycles. The molecule has 0 radical (unpaired) electrons. The summed E-state index contributed by atoms with van der Waals surface area (Å²) < 4.78 is 2.13. The molecule has 1 saturated carbocycles. The van der Waals surface area contributed by atoms with Gasteiger partial charge in [-0.25, -0.2) is 4.98 Å². The van der Waals surface area contributed by atoms with E-state index in [2.05, 4.69) is 29.6 Å². The Kier molecular flexibility index (Phi) is 2.59. The number of aryl methyl sites for hydroxylation is 1. The van der Waals surface area contributed by atoms with Gasteiger partial charge in [0.25, 0.3) is 0 Å². The first-order valence-corrected chi connectivity index (χ1v) is 5.49. The minimum atomic E-state index is 0.367. The summed E-state index contributed by atoms with van der Waals surface area (Å²) in [6.45, 7) is 5.38. The van der Waals surface area contributed by atoms with Crippen molar-refractivity contribution in [3.05, 3.63) is 18.2 Å². The SMILES string of the molecule is CCn1cnc(C2CCC(N)C2C)c1. The van der Waals surface area contributed by atoms with Gasteiger partial charge < -0.3 is 10.3 Å². The van der Waals surface area contributed by atoms with Crippen LogP contribution in [0, 0.1) is 5.92 Å². The molecule has 0 amide bonds. The van der Waals surface area contributed by atoms with Crippen LogP contribution in [0.25, 0.3) is 0 Å². The highest BCUT2D eigenvalue weighted by Crippen LogP contribution is 2.37. The fourth-order valence-corrected chi connectivity index (χ4v) is 2.36. The van der Waals surface area contributed by atoms with Gasteiger partial charge >= 0.3 is 0 Å². The second-order valence-electron chi connectivity index (χ2n) is 4.34. The van der Waals surface area contributed by atoms with Crippen molar-refractivity contribution >= 4 is 0 Å². The average Bonchev–Trinajstić information content (AvgIpc) is 2.75. The molecule has 0 saturated heterocycles. The molecule has 0 aliphatic heterocycles. The Hall–Kier alpha value is -0.830. The van der Waals surface area contributed by atoms with E-state index >= 15 is 0 Å². The number of hydrogen-bond acceptors (Lipinski definition) is 2. The fourth-order valence-electron chi connectivity index (χ4n) is 2.36. The summed E-state index contributed by atoms with van der Waals surface area (Å²) in [5, 5.41) is 0. The van der Waals surface area contributed by atoms with Gasteiger partial charge in [0.2, 0.25) is 0 Å². The Bertz CT molecular complexity index is 305. The van der Waals surface area contributed by atoms with Crippen LogP contribution in [0.2, 0.25) is 0 Å². The molecule has 0 bridgehead atoms. The average molecular weight is 193 g/mol. The third kappa shape index (κ3) is 1.57. The topological polar surface area (TPSA) is 43.8 Å². The molecule has 1 fully saturated rings. The van der Waals surface area contributed by atoms with Gasteiger partial charge in [0.1, 0.15) is 0 Å². The first kappa shape index (κ1) is 9.71. The lowest BCUT2D eigenvalue weighted by Crippen LogP contribution is -2.24. The highest BCUT2D eigenvalue weighted by Gasteiger charge is 2.32. The molecule has 1 aromatic heterocycles. The molecule has 3 unspecified atom stereocenters. The Labute approximate surface area is 85.3 Å². The molecule has 2 rings (SSSR count). The maximum Gasteiger partial charge on any atom is 0.0949 e. The van der Waals surface area contributed by atoms with E-state index in [1.807, 2.05) is 6.33 Å². The summed E-state index contributed by atoms with van der Waals surface area (Å²) >= 11 is 0. The van der Waals surface area contributed by atoms with Crippen LogP contribution in [0.15, 0.2) is 12.5 Å². The van der Waals surface area contributed by atoms with Crippen molar-refractivity contribution in [2.45, 2.75) is 45.2 Å². The van der Waals surface area contributed by atoms with Crippen molar-refractivity contribution in [1.29, 1.82) is 0 Å². The van der Waals surface area contributed by atoms with E-state index in [4.69, 9.17) is 5.73 Å². The van der Waals surface area contributed by atoms with Gasteiger partial charge in [-0.3, -0.25) is 0 Å². The van der Waals surface area contributed by atoms with Crippen molar-refractivity contribution in [3.63, 3.8) is 0 Å². The van der Waals surface area contributed by atoms with Gasteiger partial charge in [-0.2, -0.15) is 0 Å². The van der Waals surface area contributed by atoms with E-state index in [1.54, 1.807) is 0 Å². The summed E-state index contributed by atoms with van der Waals surface area (Å²) in [6.07, 6.45) is 6.43. The molecular formula is C11H19N3. The molecular weight excluding hydrogens is 174 g/mol. The number of rotatable bonds is 2. The van der Waals surface area contributed by atoms with Crippen molar-refractivity contribution < 1.29 is 0 Å². The summed E-state index contributed by atoms with van der Waals surface area (Å²) in [5.41, 5.74) is 7.24. The summed E-state index contributed by atoms with van der Waals surface area (Å²) in [6, 6.07) is 0.367. The maximum atomic E-state index is 6.01. The van der Waals surface area contributed by atoms with Gasteiger partial charge in [-0.05, 0) is 25.7 Å². The van der Waals surface area contributed by atoms with E-state index in [9.17, 15) is 0 Å². The van der Waals surface area contributed by atoms with Gasteiger partial charge in [-0.15, -0.1) is 0 Å². The van der Waals surface area contributed by atoms with Crippen LogP contribution in [0.5, 0.6) is 0 Å². The molecule has 3 nitrogen and oxygen atoms in total. The van der Waals surface area contributed by atoms with Crippen LogP contribution in [0.3, 0.4) is 0 Å². The van der Waals surface area contributed by atoms with E-state index in [1.165, 1.54) is 12.1 Å². The number of nitrogens with zero attached hydrogens (tertiary/aromatic N) is 2. The number of aromatic nitrogens is 2. The highest BCUT2D eigenvalue weighted by atomic mass is 15.0. The Morgan fingerprint density at radius 3 is 2.86 bits per heavy atom. The lowest BCUT2D eigenvalue weighted by atomic mass is 9.93. The molecule has 14 heavy (non-hydrogen) atoms. The van der Waals surface area contributed by atoms with E-state index in [-0.39, 0.29) is 0 Å². The normalized spacial score (nSPS) is 32.4. The van der Waals surface area contributed by atoms with E-state index in [0.717, 1.165) is 13.0 Å². The first-order valence-electron chi connectivity index (χ1n) is 5.49. The molecule has 0 spiro atoms. The van der Waals surface area contributed by atoms with Crippen molar-refractivity contribution in [2.75, 3.05) is 0 Å². The van der Waals surface area contributed by atoms with Crippen LogP contribution in [-0.2, 0) is 6.54 Å². The van der Waals surface area contributed by atoms with Crippen LogP contribution < -0.4 is 5.73 Å². The van der Waals surface area contributed by atoms with Crippen molar-refractivity contribution in [3.8, 4) is 0 Å². The standard InChI is InChI=1S/C11H19N3/c1-3-14-6-11(13-7-14)9-4-5-10(12)8(9)2/h6-10H,3-5,12H2,1-2H3. The van der Waals surface area contributed by atoms with Gasteiger partial charge in [0, 0.05) is 24.7 Å². The largest absolute Gasteiger partial charge is 0.337 e. The predicted molar refractivity (Wildman–Crippen MR) is 57.0 cm³/mol. The summed E-state index contributed by atoms with van der Waals surface area (Å²) in [4.78, 5) is 4.46. The molecule has 1 aromatic rings. The third-order valence-corrected chi connectivity index (χ3v) is 3.52. The number of imidazole rings is 1. The van der Waals surface area contributed by atoms with Crippen LogP contribution in [0.1, 0.15) is 38.3 Å². The van der Waals surface area contributed by atoms with Crippen molar-refractivity contribution in [2.24, 2.45) is 11.7 Å². The number of hydrogen-bond donors (Lipinski definition) is 1.